The van der Waals surface area contributed by atoms with E-state index in [4.69, 9.17) is 0 Å². The van der Waals surface area contributed by atoms with E-state index in [0.717, 1.165) is 31.2 Å². The van der Waals surface area contributed by atoms with Crippen LogP contribution in [0, 0.1) is 0 Å². The summed E-state index contributed by atoms with van der Waals surface area (Å²) in [5.41, 5.74) is 0.768. The third kappa shape index (κ3) is 4.42. The highest BCUT2D eigenvalue weighted by Gasteiger charge is 2.41. The number of nitrogens with one attached hydrogen (secondary N) is 1. The molecule has 2 aliphatic heterocycles. The van der Waals surface area contributed by atoms with Gasteiger partial charge in [0, 0.05) is 37.1 Å². The van der Waals surface area contributed by atoms with Crippen LogP contribution in [-0.4, -0.2) is 70.6 Å². The van der Waals surface area contributed by atoms with Crippen molar-refractivity contribution in [3.63, 3.8) is 0 Å². The molecule has 1 aliphatic carbocycles. The van der Waals surface area contributed by atoms with Gasteiger partial charge in [-0.25, -0.2) is 0 Å². The Bertz CT molecular complexity index is 666. The topological polar surface area (TPSA) is 72.9 Å². The van der Waals surface area contributed by atoms with Crippen molar-refractivity contribution in [2.45, 2.75) is 75.6 Å². The van der Waals surface area contributed by atoms with E-state index in [1.54, 1.807) is 11.3 Å². The maximum atomic E-state index is 12.9. The van der Waals surface area contributed by atoms with E-state index in [-0.39, 0.29) is 23.9 Å². The molecule has 2 amide bonds. The maximum absolute atomic E-state index is 12.9. The lowest BCUT2D eigenvalue weighted by molar-refractivity contribution is -0.127. The summed E-state index contributed by atoms with van der Waals surface area (Å²) in [7, 11) is 0. The van der Waals surface area contributed by atoms with E-state index in [1.807, 2.05) is 21.7 Å². The van der Waals surface area contributed by atoms with Crippen LogP contribution < -0.4 is 5.32 Å². The first-order chi connectivity index (χ1) is 13.6. The zero-order valence-electron chi connectivity index (χ0n) is 16.4. The molecule has 1 saturated carbocycles. The number of rotatable bonds is 4. The molecule has 0 bridgehead atoms. The number of carbonyl (C=O) groups excluding carboxylic acids is 2. The van der Waals surface area contributed by atoms with Crippen LogP contribution in [0.5, 0.6) is 0 Å². The number of likely N-dealkylation sites (tertiary alicyclic amines) is 2. The molecule has 2 N–H and O–H groups in total. The molecular formula is C21H31N3O3S. The zero-order valence-corrected chi connectivity index (χ0v) is 17.2. The molecule has 0 aromatic carbocycles. The van der Waals surface area contributed by atoms with E-state index in [1.165, 1.54) is 19.3 Å². The quantitative estimate of drug-likeness (QED) is 0.806. The van der Waals surface area contributed by atoms with Crippen molar-refractivity contribution < 1.29 is 14.7 Å². The van der Waals surface area contributed by atoms with Crippen LogP contribution in [-0.2, 0) is 4.79 Å². The first kappa shape index (κ1) is 19.9. The summed E-state index contributed by atoms with van der Waals surface area (Å²) in [6.45, 7) is 1.98. The number of β-amino-alcohol motifs (C(OH)–C–C–N with tert-alkyl or cyclic N) is 1. The maximum Gasteiger partial charge on any atom is 0.254 e. The standard InChI is InChI=1S/C21H31N3O3S/c25-18-12-19(20(26)22-16-4-2-1-3-5-16)24(13-18)17-6-9-23(10-7-17)21(27)15-8-11-28-14-15/h8,11,14,16-19,25H,1-7,9-10,12-13H2,(H,22,26)/t18-,19+/m1/s1. The van der Waals surface area contributed by atoms with Crippen molar-refractivity contribution in [1.29, 1.82) is 0 Å². The van der Waals surface area contributed by atoms with Crippen molar-refractivity contribution in [2.24, 2.45) is 0 Å². The van der Waals surface area contributed by atoms with E-state index < -0.39 is 6.10 Å². The Labute approximate surface area is 170 Å². The summed E-state index contributed by atoms with van der Waals surface area (Å²) in [6.07, 6.45) is 7.60. The highest BCUT2D eigenvalue weighted by atomic mass is 32.1. The molecule has 1 aromatic heterocycles. The summed E-state index contributed by atoms with van der Waals surface area (Å²) in [4.78, 5) is 29.6. The molecule has 154 valence electrons. The number of aliphatic hydroxyl groups excluding tert-OH is 1. The van der Waals surface area contributed by atoms with Crippen LogP contribution in [0.3, 0.4) is 0 Å². The molecule has 2 atom stereocenters. The fourth-order valence-corrected chi connectivity index (χ4v) is 5.64. The van der Waals surface area contributed by atoms with Gasteiger partial charge < -0.3 is 15.3 Å². The summed E-state index contributed by atoms with van der Waals surface area (Å²) < 4.78 is 0. The van der Waals surface area contributed by atoms with Crippen molar-refractivity contribution >= 4 is 23.2 Å². The monoisotopic (exact) mass is 405 g/mol. The lowest BCUT2D eigenvalue weighted by Crippen LogP contribution is -2.53. The van der Waals surface area contributed by atoms with Gasteiger partial charge in [0.15, 0.2) is 0 Å². The number of nitrogens with zero attached hydrogens (tertiary/aromatic N) is 2. The minimum Gasteiger partial charge on any atom is -0.392 e. The third-order valence-corrected chi connectivity index (χ3v) is 7.24. The number of aliphatic hydroxyl groups is 1. The normalized spacial score (nSPS) is 27.8. The predicted molar refractivity (Wildman–Crippen MR) is 109 cm³/mol. The van der Waals surface area contributed by atoms with E-state index in [0.29, 0.717) is 32.1 Å². The Morgan fingerprint density at radius 2 is 1.86 bits per heavy atom. The number of thiophene rings is 1. The zero-order chi connectivity index (χ0) is 19.5. The Kier molecular flexibility index (Phi) is 6.33. The Hall–Kier alpha value is -1.44. The molecule has 3 aliphatic rings. The van der Waals surface area contributed by atoms with Crippen LogP contribution in [0.15, 0.2) is 16.8 Å². The smallest absolute Gasteiger partial charge is 0.254 e. The Balaban J connectivity index is 1.33. The highest BCUT2D eigenvalue weighted by Crippen LogP contribution is 2.28. The van der Waals surface area contributed by atoms with E-state index in [9.17, 15) is 14.7 Å². The molecule has 2 saturated heterocycles. The second-order valence-electron chi connectivity index (χ2n) is 8.48. The van der Waals surface area contributed by atoms with Crippen molar-refractivity contribution in [3.05, 3.63) is 22.4 Å². The van der Waals surface area contributed by atoms with Gasteiger partial charge in [0.05, 0.1) is 17.7 Å². The molecule has 0 radical (unpaired) electrons. The molecule has 7 heteroatoms. The minimum absolute atomic E-state index is 0.0835. The van der Waals surface area contributed by atoms with Gasteiger partial charge in [0.2, 0.25) is 5.91 Å². The molecule has 3 heterocycles. The molecule has 6 nitrogen and oxygen atoms in total. The molecule has 0 unspecified atom stereocenters. The molecule has 1 aromatic rings. The van der Waals surface area contributed by atoms with Crippen LogP contribution in [0.2, 0.25) is 0 Å². The van der Waals surface area contributed by atoms with Gasteiger partial charge in [-0.1, -0.05) is 19.3 Å². The fraction of sp³-hybridized carbons (Fsp3) is 0.714. The SMILES string of the molecule is O=C(NC1CCCCC1)[C@@H]1C[C@@H](O)CN1C1CCN(C(=O)c2ccsc2)CC1. The number of hydrogen-bond donors (Lipinski definition) is 2. The second kappa shape index (κ2) is 8.93. The fourth-order valence-electron chi connectivity index (χ4n) is 5.01. The molecule has 0 spiro atoms. The van der Waals surface area contributed by atoms with Gasteiger partial charge in [-0.3, -0.25) is 14.5 Å². The summed E-state index contributed by atoms with van der Waals surface area (Å²) in [6, 6.07) is 2.19. The van der Waals surface area contributed by atoms with E-state index in [2.05, 4.69) is 10.2 Å². The van der Waals surface area contributed by atoms with Crippen LogP contribution in [0.1, 0.15) is 61.7 Å². The summed E-state index contributed by atoms with van der Waals surface area (Å²) in [5, 5.41) is 17.3. The molecule has 28 heavy (non-hydrogen) atoms. The number of piperidine rings is 1. The second-order valence-corrected chi connectivity index (χ2v) is 9.26. The minimum atomic E-state index is -0.437. The Morgan fingerprint density at radius 1 is 1.11 bits per heavy atom. The average Bonchev–Trinajstić information content (AvgIpc) is 3.38. The average molecular weight is 406 g/mol. The predicted octanol–water partition coefficient (Wildman–Crippen LogP) is 2.24. The summed E-state index contributed by atoms with van der Waals surface area (Å²) >= 11 is 1.54. The van der Waals surface area contributed by atoms with Crippen molar-refractivity contribution in [2.75, 3.05) is 19.6 Å². The van der Waals surface area contributed by atoms with Crippen molar-refractivity contribution in [3.8, 4) is 0 Å². The van der Waals surface area contributed by atoms with Gasteiger partial charge in [-0.2, -0.15) is 11.3 Å². The van der Waals surface area contributed by atoms with Gasteiger partial charge in [-0.05, 0) is 43.6 Å². The lowest BCUT2D eigenvalue weighted by atomic mass is 9.95. The number of carbonyl (C=O) groups is 2. The van der Waals surface area contributed by atoms with Gasteiger partial charge >= 0.3 is 0 Å². The Morgan fingerprint density at radius 3 is 2.54 bits per heavy atom. The van der Waals surface area contributed by atoms with E-state index >= 15 is 0 Å². The first-order valence-electron chi connectivity index (χ1n) is 10.7. The number of amides is 2. The van der Waals surface area contributed by atoms with Crippen LogP contribution in [0.25, 0.3) is 0 Å². The summed E-state index contributed by atoms with van der Waals surface area (Å²) in [5.74, 6) is 0.188. The first-order valence-corrected chi connectivity index (χ1v) is 11.6. The molecule has 3 fully saturated rings. The molecule has 4 rings (SSSR count). The van der Waals surface area contributed by atoms with Gasteiger partial charge in [-0.15, -0.1) is 0 Å². The van der Waals surface area contributed by atoms with Gasteiger partial charge in [0.25, 0.3) is 5.91 Å². The third-order valence-electron chi connectivity index (χ3n) is 6.56. The number of hydrogen-bond acceptors (Lipinski definition) is 5. The van der Waals surface area contributed by atoms with Crippen LogP contribution >= 0.6 is 11.3 Å². The van der Waals surface area contributed by atoms with Crippen LogP contribution in [0.4, 0.5) is 0 Å². The highest BCUT2D eigenvalue weighted by molar-refractivity contribution is 7.08. The van der Waals surface area contributed by atoms with Crippen molar-refractivity contribution in [1.82, 2.24) is 15.1 Å². The lowest BCUT2D eigenvalue weighted by Gasteiger charge is -2.39. The van der Waals surface area contributed by atoms with Gasteiger partial charge in [0.1, 0.15) is 0 Å². The molecular weight excluding hydrogens is 374 g/mol. The largest absolute Gasteiger partial charge is 0.392 e.